The van der Waals surface area contributed by atoms with E-state index in [2.05, 4.69) is 5.16 Å². The summed E-state index contributed by atoms with van der Waals surface area (Å²) < 4.78 is 40.0. The Hall–Kier alpha value is -4.53. The van der Waals surface area contributed by atoms with Crippen LogP contribution in [0.4, 0.5) is 25.0 Å². The number of nitrogens with zero attached hydrogens (tertiary/aromatic N) is 2. The van der Waals surface area contributed by atoms with Gasteiger partial charge in [0, 0.05) is 5.56 Å². The van der Waals surface area contributed by atoms with Crippen LogP contribution in [0.2, 0.25) is 0 Å². The number of halogens is 2. The minimum absolute atomic E-state index is 0.00891. The highest BCUT2D eigenvalue weighted by Gasteiger charge is 2.32. The zero-order chi connectivity index (χ0) is 25.8. The molecule has 0 radical (unpaired) electrons. The number of aliphatic carboxylic acids is 1. The molecule has 0 aliphatic heterocycles. The number of carbonyl (C=O) groups excluding carboxylic acids is 1. The molecule has 3 aromatic carbocycles. The Morgan fingerprint density at radius 1 is 0.917 bits per heavy atom. The van der Waals surface area contributed by atoms with E-state index in [9.17, 15) is 18.4 Å². The highest BCUT2D eigenvalue weighted by Crippen LogP contribution is 2.40. The maximum atomic E-state index is 14.7. The topological polar surface area (TPSA) is 92.9 Å². The van der Waals surface area contributed by atoms with Crippen molar-refractivity contribution in [2.45, 2.75) is 20.3 Å². The van der Waals surface area contributed by atoms with E-state index in [1.165, 1.54) is 6.07 Å². The number of amides is 1. The number of carboxylic acids is 1. The monoisotopic (exact) mass is 492 g/mol. The number of hydrogen-bond acceptors (Lipinski definition) is 5. The minimum atomic E-state index is -0.980. The number of ether oxygens (including phenoxy) is 1. The average molecular weight is 492 g/mol. The van der Waals surface area contributed by atoms with Crippen LogP contribution in [-0.4, -0.2) is 28.9 Å². The number of carboxylic acid groups (broad SMARTS) is 1. The molecule has 0 saturated carbocycles. The van der Waals surface area contributed by atoms with Crippen molar-refractivity contribution in [1.82, 2.24) is 5.16 Å². The van der Waals surface area contributed by atoms with Crippen LogP contribution in [0.3, 0.4) is 0 Å². The molecule has 0 fully saturated rings. The van der Waals surface area contributed by atoms with Crippen molar-refractivity contribution in [3.05, 3.63) is 89.6 Å². The summed E-state index contributed by atoms with van der Waals surface area (Å²) >= 11 is 0. The zero-order valence-corrected chi connectivity index (χ0v) is 19.5. The number of rotatable bonds is 7. The highest BCUT2D eigenvalue weighted by atomic mass is 19.1. The maximum absolute atomic E-state index is 14.7. The van der Waals surface area contributed by atoms with E-state index >= 15 is 0 Å². The van der Waals surface area contributed by atoms with Gasteiger partial charge in [0.15, 0.2) is 5.76 Å². The third-order valence-corrected chi connectivity index (χ3v) is 5.46. The largest absolute Gasteiger partial charge is 0.481 e. The van der Waals surface area contributed by atoms with Gasteiger partial charge in [-0.1, -0.05) is 59.8 Å². The number of carbonyl (C=O) groups is 2. The first-order valence-corrected chi connectivity index (χ1v) is 11.1. The molecule has 0 unspecified atom stereocenters. The lowest BCUT2D eigenvalue weighted by Gasteiger charge is -2.23. The van der Waals surface area contributed by atoms with Crippen molar-refractivity contribution >= 4 is 23.4 Å². The lowest BCUT2D eigenvalue weighted by Crippen LogP contribution is -2.29. The second kappa shape index (κ2) is 10.4. The Kier molecular flexibility index (Phi) is 7.10. The molecule has 0 saturated heterocycles. The molecule has 36 heavy (non-hydrogen) atoms. The van der Waals surface area contributed by atoms with Crippen molar-refractivity contribution in [3.8, 4) is 22.5 Å². The molecule has 184 valence electrons. The summed E-state index contributed by atoms with van der Waals surface area (Å²) in [6.45, 7) is 3.13. The smallest absolute Gasteiger partial charge is 0.419 e. The maximum Gasteiger partial charge on any atom is 0.419 e. The Bertz CT molecular complexity index is 1380. The molecule has 4 rings (SSSR count). The van der Waals surface area contributed by atoms with Gasteiger partial charge in [0.1, 0.15) is 28.7 Å². The van der Waals surface area contributed by atoms with Crippen LogP contribution in [0.25, 0.3) is 22.5 Å². The predicted molar refractivity (Wildman–Crippen MR) is 129 cm³/mol. The number of hydrogen-bond donors (Lipinski definition) is 1. The van der Waals surface area contributed by atoms with Gasteiger partial charge in [0.25, 0.3) is 0 Å². The summed E-state index contributed by atoms with van der Waals surface area (Å²) in [6.07, 6.45) is -1.04. The lowest BCUT2D eigenvalue weighted by molar-refractivity contribution is -0.136. The Morgan fingerprint density at radius 2 is 1.47 bits per heavy atom. The van der Waals surface area contributed by atoms with Gasteiger partial charge in [-0.15, -0.1) is 0 Å². The third kappa shape index (κ3) is 4.95. The molecule has 0 spiro atoms. The molecule has 1 aromatic heterocycles. The van der Waals surface area contributed by atoms with Crippen molar-refractivity contribution in [1.29, 1.82) is 0 Å². The summed E-state index contributed by atoms with van der Waals surface area (Å²) in [5, 5.41) is 12.9. The van der Waals surface area contributed by atoms with Crippen LogP contribution in [0.5, 0.6) is 0 Å². The second-order valence-electron chi connectivity index (χ2n) is 7.90. The van der Waals surface area contributed by atoms with Gasteiger partial charge in [-0.25, -0.2) is 18.5 Å². The molecule has 0 bridgehead atoms. The Balaban J connectivity index is 1.74. The van der Waals surface area contributed by atoms with Gasteiger partial charge < -0.3 is 14.4 Å². The van der Waals surface area contributed by atoms with E-state index in [-0.39, 0.29) is 30.2 Å². The van der Waals surface area contributed by atoms with Crippen LogP contribution in [0.1, 0.15) is 18.2 Å². The van der Waals surface area contributed by atoms with Crippen LogP contribution < -0.4 is 4.90 Å². The number of anilines is 2. The summed E-state index contributed by atoms with van der Waals surface area (Å²) in [7, 11) is 0. The van der Waals surface area contributed by atoms with E-state index in [0.717, 1.165) is 28.2 Å². The fourth-order valence-electron chi connectivity index (χ4n) is 3.81. The summed E-state index contributed by atoms with van der Waals surface area (Å²) in [5.74, 6) is -2.67. The third-order valence-electron chi connectivity index (χ3n) is 5.46. The summed E-state index contributed by atoms with van der Waals surface area (Å²) in [4.78, 5) is 24.6. The first-order chi connectivity index (χ1) is 17.3. The van der Waals surface area contributed by atoms with E-state index < -0.39 is 29.4 Å². The molecule has 4 aromatic rings. The Morgan fingerprint density at radius 3 is 2.03 bits per heavy atom. The number of aryl methyl sites for hydroxylation is 1. The minimum Gasteiger partial charge on any atom is -0.481 e. The molecular weight excluding hydrogens is 470 g/mol. The average Bonchev–Trinajstić information content (AvgIpc) is 3.22. The molecule has 1 amide bonds. The van der Waals surface area contributed by atoms with Crippen molar-refractivity contribution < 1.29 is 32.7 Å². The highest BCUT2D eigenvalue weighted by molar-refractivity contribution is 6.00. The van der Waals surface area contributed by atoms with Gasteiger partial charge in [0.2, 0.25) is 0 Å². The molecule has 7 nitrogen and oxygen atoms in total. The molecule has 0 aliphatic rings. The molecule has 0 aliphatic carbocycles. The van der Waals surface area contributed by atoms with E-state index in [4.69, 9.17) is 14.4 Å². The molecule has 1 N–H and O–H groups in total. The zero-order valence-electron chi connectivity index (χ0n) is 19.5. The molecule has 0 atom stereocenters. The predicted octanol–water partition coefficient (Wildman–Crippen LogP) is 6.52. The van der Waals surface area contributed by atoms with E-state index in [1.807, 2.05) is 24.3 Å². The summed E-state index contributed by atoms with van der Waals surface area (Å²) in [5.41, 5.74) is 2.61. The Labute approximate surface area is 205 Å². The number of benzene rings is 3. The van der Waals surface area contributed by atoms with Gasteiger partial charge >= 0.3 is 12.1 Å². The van der Waals surface area contributed by atoms with Gasteiger partial charge in [-0.3, -0.25) is 4.79 Å². The van der Waals surface area contributed by atoms with E-state index in [1.54, 1.807) is 38.1 Å². The molecule has 9 heteroatoms. The molecule has 1 heterocycles. The van der Waals surface area contributed by atoms with Gasteiger partial charge in [-0.2, -0.15) is 0 Å². The number of para-hydroxylation sites is 1. The second-order valence-corrected chi connectivity index (χ2v) is 7.90. The van der Waals surface area contributed by atoms with Crippen LogP contribution in [0.15, 0.2) is 71.3 Å². The van der Waals surface area contributed by atoms with E-state index in [0.29, 0.717) is 11.1 Å². The van der Waals surface area contributed by atoms with Gasteiger partial charge in [0.05, 0.1) is 13.0 Å². The van der Waals surface area contributed by atoms with Crippen molar-refractivity contribution in [2.24, 2.45) is 0 Å². The SMILES string of the molecule is CCOC(=O)N(c1c(F)cccc1F)c1c(C)noc1-c1ccc(-c2ccc(CC(=O)O)cc2)cc1. The fraction of sp³-hybridized carbons (Fsp3) is 0.148. The first kappa shape index (κ1) is 24.6. The van der Waals surface area contributed by atoms with Crippen LogP contribution in [0, 0.1) is 18.6 Å². The first-order valence-electron chi connectivity index (χ1n) is 11.1. The summed E-state index contributed by atoms with van der Waals surface area (Å²) in [6, 6.07) is 17.5. The standard InChI is InChI=1S/C27H22F2N2O5/c1-3-35-27(34)31(25-21(28)5-4-6-22(25)29)24-16(2)30-36-26(24)20-13-11-19(12-14-20)18-9-7-17(8-10-18)15-23(32)33/h4-14H,3,15H2,1-2H3,(H,32,33). The number of aromatic nitrogens is 1. The van der Waals surface area contributed by atoms with Crippen LogP contribution >= 0.6 is 0 Å². The van der Waals surface area contributed by atoms with Gasteiger partial charge in [-0.05, 0) is 42.7 Å². The van der Waals surface area contributed by atoms with Crippen molar-refractivity contribution in [2.75, 3.05) is 11.5 Å². The molecular formula is C27H22F2N2O5. The fourth-order valence-corrected chi connectivity index (χ4v) is 3.81. The normalized spacial score (nSPS) is 10.8. The van der Waals surface area contributed by atoms with Crippen LogP contribution in [-0.2, 0) is 16.0 Å². The quantitative estimate of drug-likeness (QED) is 0.316. The lowest BCUT2D eigenvalue weighted by atomic mass is 10.0. The van der Waals surface area contributed by atoms with Crippen molar-refractivity contribution in [3.63, 3.8) is 0 Å².